The summed E-state index contributed by atoms with van der Waals surface area (Å²) >= 11 is 0. The number of nitrogens with one attached hydrogen (secondary N) is 1. The van der Waals surface area contributed by atoms with E-state index in [1.807, 2.05) is 82.3 Å². The van der Waals surface area contributed by atoms with Gasteiger partial charge in [-0.1, -0.05) is 87.5 Å². The first-order valence-electron chi connectivity index (χ1n) is 13.2. The van der Waals surface area contributed by atoms with E-state index in [1.54, 1.807) is 10.9 Å². The number of aromatic nitrogens is 3. The highest BCUT2D eigenvalue weighted by molar-refractivity contribution is 5.90. The highest BCUT2D eigenvalue weighted by Crippen LogP contribution is 2.28. The van der Waals surface area contributed by atoms with Crippen molar-refractivity contribution in [1.29, 1.82) is 0 Å². The fraction of sp³-hybridized carbons (Fsp3) is 0.448. The van der Waals surface area contributed by atoms with Crippen molar-refractivity contribution in [3.05, 3.63) is 72.1 Å². The van der Waals surface area contributed by atoms with Crippen LogP contribution in [0.2, 0.25) is 0 Å². The molecule has 2 aromatic carbocycles. The Kier molecular flexibility index (Phi) is 8.58. The number of hydrogen-bond donors (Lipinski definition) is 3. The van der Waals surface area contributed by atoms with Gasteiger partial charge in [0.25, 0.3) is 0 Å². The van der Waals surface area contributed by atoms with Crippen LogP contribution in [0.5, 0.6) is 0 Å². The molecular formula is C29H37N5O4. The Morgan fingerprint density at radius 2 is 1.68 bits per heavy atom. The van der Waals surface area contributed by atoms with Gasteiger partial charge >= 0.3 is 0 Å². The molecule has 0 saturated carbocycles. The van der Waals surface area contributed by atoms with Gasteiger partial charge in [-0.15, -0.1) is 5.10 Å². The van der Waals surface area contributed by atoms with E-state index in [0.717, 1.165) is 22.4 Å². The predicted octanol–water partition coefficient (Wildman–Crippen LogP) is 3.08. The Morgan fingerprint density at radius 3 is 2.26 bits per heavy atom. The maximum atomic E-state index is 13.7. The molecule has 3 aromatic rings. The first-order chi connectivity index (χ1) is 18.2. The Balaban J connectivity index is 1.50. The van der Waals surface area contributed by atoms with Crippen LogP contribution in [0.25, 0.3) is 11.1 Å². The number of aliphatic hydroxyl groups is 2. The summed E-state index contributed by atoms with van der Waals surface area (Å²) in [6, 6.07) is 15.4. The van der Waals surface area contributed by atoms with Crippen molar-refractivity contribution >= 4 is 11.8 Å². The lowest BCUT2D eigenvalue weighted by molar-refractivity contribution is -0.142. The molecule has 4 atom stereocenters. The summed E-state index contributed by atoms with van der Waals surface area (Å²) in [6.45, 7) is 7.60. The molecule has 1 aliphatic rings. The van der Waals surface area contributed by atoms with Crippen LogP contribution in [-0.2, 0) is 9.59 Å². The number of carbonyl (C=O) groups excluding carboxylic acids is 2. The van der Waals surface area contributed by atoms with Gasteiger partial charge in [-0.25, -0.2) is 4.68 Å². The first-order valence-corrected chi connectivity index (χ1v) is 13.2. The number of rotatable bonds is 9. The minimum Gasteiger partial charge on any atom is -0.394 e. The van der Waals surface area contributed by atoms with Crippen molar-refractivity contribution in [1.82, 2.24) is 25.2 Å². The van der Waals surface area contributed by atoms with Gasteiger partial charge in [0.05, 0.1) is 24.4 Å². The second kappa shape index (κ2) is 11.9. The molecule has 2 amide bonds. The summed E-state index contributed by atoms with van der Waals surface area (Å²) in [5, 5.41) is 31.8. The zero-order valence-electron chi connectivity index (χ0n) is 22.4. The predicted molar refractivity (Wildman–Crippen MR) is 144 cm³/mol. The molecular weight excluding hydrogens is 482 g/mol. The van der Waals surface area contributed by atoms with Crippen molar-refractivity contribution < 1.29 is 19.8 Å². The molecule has 0 unspecified atom stereocenters. The molecule has 202 valence electrons. The Labute approximate surface area is 223 Å². The average Bonchev–Trinajstić information content (AvgIpc) is 3.55. The summed E-state index contributed by atoms with van der Waals surface area (Å²) in [4.78, 5) is 28.6. The third-order valence-electron chi connectivity index (χ3n) is 7.07. The van der Waals surface area contributed by atoms with Crippen LogP contribution in [0.15, 0.2) is 60.8 Å². The highest BCUT2D eigenvalue weighted by atomic mass is 16.3. The van der Waals surface area contributed by atoms with Crippen LogP contribution in [0.3, 0.4) is 0 Å². The number of β-amino-alcohol motifs (C(OH)–C–C–N with tert-alkyl or cyclic N) is 1. The summed E-state index contributed by atoms with van der Waals surface area (Å²) < 4.78 is 1.56. The fourth-order valence-electron chi connectivity index (χ4n) is 4.91. The summed E-state index contributed by atoms with van der Waals surface area (Å²) in [6.07, 6.45) is 1.08. The monoisotopic (exact) mass is 519 g/mol. The van der Waals surface area contributed by atoms with E-state index in [1.165, 1.54) is 4.90 Å². The normalized spacial score (nSPS) is 19.1. The summed E-state index contributed by atoms with van der Waals surface area (Å²) in [7, 11) is 0. The lowest BCUT2D eigenvalue weighted by Gasteiger charge is -2.30. The second-order valence-corrected chi connectivity index (χ2v) is 10.6. The van der Waals surface area contributed by atoms with Gasteiger partial charge in [0, 0.05) is 19.2 Å². The molecule has 2 heterocycles. The van der Waals surface area contributed by atoms with E-state index in [0.29, 0.717) is 0 Å². The number of amides is 2. The molecule has 9 heteroatoms. The second-order valence-electron chi connectivity index (χ2n) is 10.6. The standard InChI is InChI=1S/C29H37N5O4/c1-18(2)24-16-34(32-31-24)27(19(3)4)29(38)33-15-23(36)14-26(33)28(37)30-25(17-35)22-12-10-21(11-13-22)20-8-6-5-7-9-20/h5-13,16,18-19,23,25-27,35-36H,14-15,17H2,1-4H3,(H,30,37)/t23-,25+,26+,27+/m1/s1. The van der Waals surface area contributed by atoms with Crippen molar-refractivity contribution in [3.8, 4) is 11.1 Å². The Bertz CT molecular complexity index is 1230. The lowest BCUT2D eigenvalue weighted by Crippen LogP contribution is -2.50. The zero-order chi connectivity index (χ0) is 27.4. The zero-order valence-corrected chi connectivity index (χ0v) is 22.4. The molecule has 38 heavy (non-hydrogen) atoms. The molecule has 3 N–H and O–H groups in total. The SMILES string of the molecule is CC(C)c1cn([C@H](C(=O)N2C[C@H](O)C[C@H]2C(=O)N[C@@H](CO)c2ccc(-c3ccccc3)cc2)C(C)C)nn1. The molecule has 1 aromatic heterocycles. The molecule has 1 aliphatic heterocycles. The van der Waals surface area contributed by atoms with E-state index < -0.39 is 30.1 Å². The van der Waals surface area contributed by atoms with Crippen LogP contribution < -0.4 is 5.32 Å². The van der Waals surface area contributed by atoms with Gasteiger partial charge in [-0.3, -0.25) is 9.59 Å². The molecule has 0 spiro atoms. The van der Waals surface area contributed by atoms with Gasteiger partial charge in [0.2, 0.25) is 11.8 Å². The van der Waals surface area contributed by atoms with Crippen LogP contribution in [0.1, 0.15) is 63.4 Å². The average molecular weight is 520 g/mol. The fourth-order valence-corrected chi connectivity index (χ4v) is 4.91. The van der Waals surface area contributed by atoms with Crippen LogP contribution in [0, 0.1) is 5.92 Å². The number of likely N-dealkylation sites (tertiary alicyclic amines) is 1. The van der Waals surface area contributed by atoms with E-state index in [4.69, 9.17) is 0 Å². The van der Waals surface area contributed by atoms with Crippen molar-refractivity contribution in [2.45, 2.75) is 64.3 Å². The molecule has 4 rings (SSSR count). The molecule has 1 fully saturated rings. The highest BCUT2D eigenvalue weighted by Gasteiger charge is 2.43. The summed E-state index contributed by atoms with van der Waals surface area (Å²) in [5.41, 5.74) is 3.64. The summed E-state index contributed by atoms with van der Waals surface area (Å²) in [5.74, 6) is -0.648. The van der Waals surface area contributed by atoms with Crippen LogP contribution in [0.4, 0.5) is 0 Å². The van der Waals surface area contributed by atoms with E-state index in [-0.39, 0.29) is 37.3 Å². The van der Waals surface area contributed by atoms with Gasteiger partial charge < -0.3 is 20.4 Å². The van der Waals surface area contributed by atoms with Crippen molar-refractivity contribution in [2.24, 2.45) is 5.92 Å². The number of benzene rings is 2. The van der Waals surface area contributed by atoms with Gasteiger partial charge in [0.15, 0.2) is 0 Å². The van der Waals surface area contributed by atoms with E-state index in [9.17, 15) is 19.8 Å². The van der Waals surface area contributed by atoms with E-state index >= 15 is 0 Å². The quantitative estimate of drug-likeness (QED) is 0.400. The molecule has 1 saturated heterocycles. The number of carbonyl (C=O) groups is 2. The van der Waals surface area contributed by atoms with Gasteiger partial charge in [0.1, 0.15) is 12.1 Å². The van der Waals surface area contributed by atoms with Crippen molar-refractivity contribution in [3.63, 3.8) is 0 Å². The van der Waals surface area contributed by atoms with Gasteiger partial charge in [-0.2, -0.15) is 0 Å². The Hall–Kier alpha value is -3.56. The lowest BCUT2D eigenvalue weighted by atomic mass is 10.0. The van der Waals surface area contributed by atoms with Gasteiger partial charge in [-0.05, 0) is 28.5 Å². The third kappa shape index (κ3) is 5.95. The largest absolute Gasteiger partial charge is 0.394 e. The maximum Gasteiger partial charge on any atom is 0.248 e. The molecule has 0 bridgehead atoms. The van der Waals surface area contributed by atoms with Crippen LogP contribution >= 0.6 is 0 Å². The smallest absolute Gasteiger partial charge is 0.248 e. The number of hydrogen-bond acceptors (Lipinski definition) is 6. The topological polar surface area (TPSA) is 121 Å². The minimum atomic E-state index is -0.857. The number of nitrogens with zero attached hydrogens (tertiary/aromatic N) is 4. The molecule has 0 aliphatic carbocycles. The van der Waals surface area contributed by atoms with Crippen molar-refractivity contribution in [2.75, 3.05) is 13.2 Å². The Morgan fingerprint density at radius 1 is 1.03 bits per heavy atom. The first kappa shape index (κ1) is 27.5. The van der Waals surface area contributed by atoms with E-state index in [2.05, 4.69) is 15.6 Å². The number of aliphatic hydroxyl groups excluding tert-OH is 2. The molecule has 0 radical (unpaired) electrons. The molecule has 9 nitrogen and oxygen atoms in total. The van der Waals surface area contributed by atoms with Crippen LogP contribution in [-0.4, -0.2) is 67.2 Å². The maximum absolute atomic E-state index is 13.7. The third-order valence-corrected chi connectivity index (χ3v) is 7.07. The minimum absolute atomic E-state index is 0.0570.